The summed E-state index contributed by atoms with van der Waals surface area (Å²) in [5.41, 5.74) is -0.182. The molecule has 0 aliphatic carbocycles. The average molecular weight is 290 g/mol. The smallest absolute Gasteiger partial charge is 0.331 e. The van der Waals surface area contributed by atoms with Crippen LogP contribution in [-0.2, 0) is 14.3 Å². The van der Waals surface area contributed by atoms with Crippen molar-refractivity contribution in [3.8, 4) is 0 Å². The van der Waals surface area contributed by atoms with E-state index < -0.39 is 23.4 Å². The molecule has 0 aromatic heterocycles. The van der Waals surface area contributed by atoms with E-state index in [1.165, 1.54) is 24.3 Å². The Balaban J connectivity index is 2.55. The van der Waals surface area contributed by atoms with Gasteiger partial charge in [-0.15, -0.1) is 0 Å². The largest absolute Gasteiger partial charge is 0.452 e. The number of carbonyl (C=O) groups is 2. The molecule has 7 heteroatoms. The molecule has 1 aromatic carbocycles. The van der Waals surface area contributed by atoms with E-state index in [2.05, 4.69) is 10.1 Å². The summed E-state index contributed by atoms with van der Waals surface area (Å²) in [6, 6.07) is 5.69. The summed E-state index contributed by atoms with van der Waals surface area (Å²) in [7, 11) is 0. The number of nitro benzene ring substituents is 1. The molecule has 110 valence electrons. The highest BCUT2D eigenvalue weighted by molar-refractivity contribution is 5.95. The van der Waals surface area contributed by atoms with Crippen LogP contribution >= 0.6 is 0 Å². The molecule has 7 nitrogen and oxygen atoms in total. The van der Waals surface area contributed by atoms with Crippen LogP contribution in [0.5, 0.6) is 0 Å². The van der Waals surface area contributed by atoms with Crippen LogP contribution in [0.1, 0.15) is 6.92 Å². The quantitative estimate of drug-likeness (QED) is 0.285. The van der Waals surface area contributed by atoms with Crippen molar-refractivity contribution in [2.24, 2.45) is 0 Å². The molecule has 1 N–H and O–H groups in total. The number of benzene rings is 1. The summed E-state index contributed by atoms with van der Waals surface area (Å²) in [5, 5.41) is 13.1. The van der Waals surface area contributed by atoms with E-state index in [0.717, 1.165) is 6.08 Å². The van der Waals surface area contributed by atoms with Crippen molar-refractivity contribution in [2.75, 3.05) is 11.9 Å². The van der Waals surface area contributed by atoms with Gasteiger partial charge in [-0.25, -0.2) is 4.79 Å². The molecule has 0 saturated carbocycles. The zero-order valence-electron chi connectivity index (χ0n) is 11.3. The van der Waals surface area contributed by atoms with Crippen molar-refractivity contribution in [3.05, 3.63) is 58.7 Å². The maximum atomic E-state index is 11.6. The lowest BCUT2D eigenvalue weighted by Crippen LogP contribution is -2.20. The molecular weight excluding hydrogens is 276 g/mol. The first-order valence-electron chi connectivity index (χ1n) is 6.04. The van der Waals surface area contributed by atoms with Crippen molar-refractivity contribution in [2.45, 2.75) is 6.92 Å². The molecule has 1 aromatic rings. The van der Waals surface area contributed by atoms with E-state index in [9.17, 15) is 19.7 Å². The third-order valence-corrected chi connectivity index (χ3v) is 2.26. The molecule has 0 atom stereocenters. The molecule has 0 bridgehead atoms. The summed E-state index contributed by atoms with van der Waals surface area (Å²) in [5.74, 6) is -1.33. The Morgan fingerprint density at radius 2 is 2.05 bits per heavy atom. The lowest BCUT2D eigenvalue weighted by atomic mass is 10.2. The fourth-order valence-electron chi connectivity index (χ4n) is 1.35. The summed E-state index contributed by atoms with van der Waals surface area (Å²) in [6.45, 7) is 1.26. The Hall–Kier alpha value is -2.96. The molecular formula is C14H14N2O5. The van der Waals surface area contributed by atoms with Gasteiger partial charge in [0.2, 0.25) is 0 Å². The van der Waals surface area contributed by atoms with E-state index in [1.807, 2.05) is 0 Å². The van der Waals surface area contributed by atoms with E-state index in [-0.39, 0.29) is 11.4 Å². The Kier molecular flexibility index (Phi) is 6.33. The number of ether oxygens (including phenoxy) is 1. The van der Waals surface area contributed by atoms with Gasteiger partial charge in [0.25, 0.3) is 11.6 Å². The Morgan fingerprint density at radius 1 is 1.33 bits per heavy atom. The lowest BCUT2D eigenvalue weighted by molar-refractivity contribution is -0.383. The number of hydrogen-bond acceptors (Lipinski definition) is 5. The molecule has 0 aliphatic heterocycles. The zero-order chi connectivity index (χ0) is 15.7. The van der Waals surface area contributed by atoms with Crippen molar-refractivity contribution >= 4 is 23.3 Å². The van der Waals surface area contributed by atoms with E-state index in [4.69, 9.17) is 0 Å². The molecule has 0 spiro atoms. The van der Waals surface area contributed by atoms with Crippen LogP contribution in [0.25, 0.3) is 0 Å². The molecule has 0 saturated heterocycles. The van der Waals surface area contributed by atoms with Crippen molar-refractivity contribution < 1.29 is 19.2 Å². The fraction of sp³-hybridized carbons (Fsp3) is 0.143. The van der Waals surface area contributed by atoms with Gasteiger partial charge in [0.1, 0.15) is 5.69 Å². The molecule has 0 heterocycles. The number of nitrogens with one attached hydrogen (secondary N) is 1. The molecule has 0 radical (unpaired) electrons. The van der Waals surface area contributed by atoms with E-state index in [1.54, 1.807) is 25.1 Å². The van der Waals surface area contributed by atoms with Crippen LogP contribution in [0.2, 0.25) is 0 Å². The van der Waals surface area contributed by atoms with Gasteiger partial charge in [-0.2, -0.15) is 0 Å². The Bertz CT molecular complexity index is 593. The van der Waals surface area contributed by atoms with Gasteiger partial charge in [-0.1, -0.05) is 30.4 Å². The number of para-hydroxylation sites is 2. The summed E-state index contributed by atoms with van der Waals surface area (Å²) < 4.78 is 4.68. The first-order chi connectivity index (χ1) is 10.0. The minimum atomic E-state index is -0.675. The third kappa shape index (κ3) is 5.68. The summed E-state index contributed by atoms with van der Waals surface area (Å²) in [6.07, 6.45) is 6.00. The maximum absolute atomic E-state index is 11.6. The van der Waals surface area contributed by atoms with E-state index in [0.29, 0.717) is 0 Å². The number of allylic oxidation sites excluding steroid dienone is 3. The van der Waals surface area contributed by atoms with Crippen LogP contribution in [0.3, 0.4) is 0 Å². The monoisotopic (exact) mass is 290 g/mol. The van der Waals surface area contributed by atoms with Gasteiger partial charge in [-0.3, -0.25) is 14.9 Å². The SMILES string of the molecule is CC=CC=CC(=O)OCC(=O)Nc1ccccc1[N+](=O)[O-]. The number of esters is 1. The average Bonchev–Trinajstić information content (AvgIpc) is 2.46. The third-order valence-electron chi connectivity index (χ3n) is 2.26. The lowest BCUT2D eigenvalue weighted by Gasteiger charge is -2.05. The summed E-state index contributed by atoms with van der Waals surface area (Å²) >= 11 is 0. The first kappa shape index (κ1) is 16.1. The normalized spacial score (nSPS) is 10.7. The molecule has 0 aliphatic rings. The number of carbonyl (C=O) groups excluding carboxylic acids is 2. The van der Waals surface area contributed by atoms with Crippen molar-refractivity contribution in [3.63, 3.8) is 0 Å². The molecule has 0 fully saturated rings. The number of amides is 1. The van der Waals surface area contributed by atoms with Crippen LogP contribution in [0.15, 0.2) is 48.6 Å². The molecule has 1 amide bonds. The van der Waals surface area contributed by atoms with Gasteiger partial charge in [0.15, 0.2) is 6.61 Å². The summed E-state index contributed by atoms with van der Waals surface area (Å²) in [4.78, 5) is 33.0. The van der Waals surface area contributed by atoms with E-state index >= 15 is 0 Å². The zero-order valence-corrected chi connectivity index (χ0v) is 11.3. The van der Waals surface area contributed by atoms with Crippen molar-refractivity contribution in [1.82, 2.24) is 0 Å². The Morgan fingerprint density at radius 3 is 2.71 bits per heavy atom. The molecule has 21 heavy (non-hydrogen) atoms. The number of nitro groups is 1. The first-order valence-corrected chi connectivity index (χ1v) is 6.04. The second-order valence-corrected chi connectivity index (χ2v) is 3.82. The predicted molar refractivity (Wildman–Crippen MR) is 76.6 cm³/mol. The van der Waals surface area contributed by atoms with Gasteiger partial charge in [0, 0.05) is 12.1 Å². The predicted octanol–water partition coefficient (Wildman–Crippen LogP) is 2.21. The maximum Gasteiger partial charge on any atom is 0.331 e. The van der Waals surface area contributed by atoms with Gasteiger partial charge >= 0.3 is 5.97 Å². The van der Waals surface area contributed by atoms with Gasteiger partial charge < -0.3 is 10.1 Å². The highest BCUT2D eigenvalue weighted by atomic mass is 16.6. The minimum Gasteiger partial charge on any atom is -0.452 e. The molecule has 1 rings (SSSR count). The second-order valence-electron chi connectivity index (χ2n) is 3.82. The highest BCUT2D eigenvalue weighted by Gasteiger charge is 2.15. The van der Waals surface area contributed by atoms with Crippen LogP contribution in [-0.4, -0.2) is 23.4 Å². The van der Waals surface area contributed by atoms with Gasteiger partial charge in [-0.05, 0) is 13.0 Å². The standard InChI is InChI=1S/C14H14N2O5/c1-2-3-4-9-14(18)21-10-13(17)15-11-7-5-6-8-12(11)16(19)20/h2-9H,10H2,1H3,(H,15,17). The number of nitrogens with zero attached hydrogens (tertiary/aromatic N) is 1. The second kappa shape index (κ2) is 8.26. The number of hydrogen-bond donors (Lipinski definition) is 1. The number of anilines is 1. The molecule has 0 unspecified atom stereocenters. The van der Waals surface area contributed by atoms with Gasteiger partial charge in [0.05, 0.1) is 4.92 Å². The van der Waals surface area contributed by atoms with Crippen molar-refractivity contribution in [1.29, 1.82) is 0 Å². The Labute approximate surface area is 121 Å². The van der Waals surface area contributed by atoms with Crippen LogP contribution < -0.4 is 5.32 Å². The highest BCUT2D eigenvalue weighted by Crippen LogP contribution is 2.22. The fourth-order valence-corrected chi connectivity index (χ4v) is 1.35. The van der Waals surface area contributed by atoms with Crippen LogP contribution in [0, 0.1) is 10.1 Å². The minimum absolute atomic E-state index is 0.0491. The topological polar surface area (TPSA) is 98.5 Å². The number of rotatable bonds is 6. The van der Waals surface area contributed by atoms with Crippen LogP contribution in [0.4, 0.5) is 11.4 Å².